The summed E-state index contributed by atoms with van der Waals surface area (Å²) in [5.41, 5.74) is 2.19. The predicted molar refractivity (Wildman–Crippen MR) is 107 cm³/mol. The van der Waals surface area contributed by atoms with E-state index < -0.39 is 4.92 Å². The molecule has 0 amide bonds. The van der Waals surface area contributed by atoms with Crippen LogP contribution in [0.3, 0.4) is 0 Å². The highest BCUT2D eigenvalue weighted by Crippen LogP contribution is 2.24. The number of piperidine rings is 1. The van der Waals surface area contributed by atoms with Crippen molar-refractivity contribution < 1.29 is 9.66 Å². The van der Waals surface area contributed by atoms with Gasteiger partial charge in [0.15, 0.2) is 0 Å². The minimum atomic E-state index is -0.483. The summed E-state index contributed by atoms with van der Waals surface area (Å²) in [6, 6.07) is 14.6. The first-order valence-corrected chi connectivity index (χ1v) is 9.36. The lowest BCUT2D eigenvalue weighted by Crippen LogP contribution is -2.35. The molecule has 0 unspecified atom stereocenters. The van der Waals surface area contributed by atoms with E-state index in [0.29, 0.717) is 17.2 Å². The molecule has 3 rings (SSSR count). The van der Waals surface area contributed by atoms with Gasteiger partial charge in [0, 0.05) is 25.2 Å². The van der Waals surface area contributed by atoms with Crippen molar-refractivity contribution in [3.63, 3.8) is 0 Å². The second kappa shape index (κ2) is 9.20. The number of benzene rings is 2. The first-order valence-electron chi connectivity index (χ1n) is 9.36. The molecule has 2 aromatic rings. The van der Waals surface area contributed by atoms with Gasteiger partial charge in [0.05, 0.1) is 23.3 Å². The van der Waals surface area contributed by atoms with Crippen LogP contribution in [0.25, 0.3) is 0 Å². The molecule has 1 N–H and O–H groups in total. The second-order valence-corrected chi connectivity index (χ2v) is 7.05. The number of nitro benzene ring substituents is 1. The Morgan fingerprint density at radius 1 is 1.25 bits per heavy atom. The molecular weight excluding hydrogens is 356 g/mol. The Bertz CT molecular complexity index is 853. The molecule has 0 aliphatic carbocycles. The second-order valence-electron chi connectivity index (χ2n) is 7.05. The summed E-state index contributed by atoms with van der Waals surface area (Å²) in [7, 11) is 1.67. The van der Waals surface area contributed by atoms with Crippen molar-refractivity contribution >= 4 is 11.4 Å². The standard InChI is InChI=1S/C21H24N4O3/c1-28-20-5-2-17(3-6-20)15-24-10-8-16(9-11-24)14-23-21-7-4-19(25(26)27)12-18(21)13-22/h2-7,12,16,23H,8-11,14-15H2,1H3. The van der Waals surface area contributed by atoms with Gasteiger partial charge >= 0.3 is 0 Å². The van der Waals surface area contributed by atoms with E-state index in [9.17, 15) is 15.4 Å². The lowest BCUT2D eigenvalue weighted by Gasteiger charge is -2.32. The third-order valence-corrected chi connectivity index (χ3v) is 5.19. The molecule has 0 saturated carbocycles. The molecule has 0 spiro atoms. The van der Waals surface area contributed by atoms with Gasteiger partial charge in [-0.3, -0.25) is 15.0 Å². The average molecular weight is 380 g/mol. The number of ether oxygens (including phenoxy) is 1. The van der Waals surface area contributed by atoms with Crippen LogP contribution in [0.15, 0.2) is 42.5 Å². The zero-order chi connectivity index (χ0) is 19.9. The first kappa shape index (κ1) is 19.6. The molecule has 0 aromatic heterocycles. The minimum absolute atomic E-state index is 0.0612. The molecule has 1 aliphatic heterocycles. The lowest BCUT2D eigenvalue weighted by molar-refractivity contribution is -0.384. The number of anilines is 1. The highest BCUT2D eigenvalue weighted by Gasteiger charge is 2.20. The summed E-state index contributed by atoms with van der Waals surface area (Å²) < 4.78 is 5.20. The van der Waals surface area contributed by atoms with Gasteiger partial charge in [-0.25, -0.2) is 0 Å². The number of methoxy groups -OCH3 is 1. The number of rotatable bonds is 7. The van der Waals surface area contributed by atoms with Gasteiger partial charge in [-0.2, -0.15) is 5.26 Å². The van der Waals surface area contributed by atoms with Crippen molar-refractivity contribution in [2.45, 2.75) is 19.4 Å². The largest absolute Gasteiger partial charge is 0.497 e. The minimum Gasteiger partial charge on any atom is -0.497 e. The fourth-order valence-corrected chi connectivity index (χ4v) is 3.48. The normalized spacial score (nSPS) is 15.0. The number of nitro groups is 1. The van der Waals surface area contributed by atoms with E-state index in [0.717, 1.165) is 44.8 Å². The van der Waals surface area contributed by atoms with E-state index in [1.165, 1.54) is 17.7 Å². The molecule has 1 heterocycles. The Hall–Kier alpha value is -3.11. The highest BCUT2D eigenvalue weighted by molar-refractivity contribution is 5.61. The van der Waals surface area contributed by atoms with Crippen LogP contribution in [0, 0.1) is 27.4 Å². The Morgan fingerprint density at radius 3 is 2.57 bits per heavy atom. The van der Waals surface area contributed by atoms with Crippen LogP contribution in [0.4, 0.5) is 11.4 Å². The van der Waals surface area contributed by atoms with Gasteiger partial charge in [0.1, 0.15) is 11.8 Å². The molecule has 28 heavy (non-hydrogen) atoms. The molecule has 1 aliphatic rings. The Kier molecular flexibility index (Phi) is 6.45. The molecule has 0 atom stereocenters. The van der Waals surface area contributed by atoms with E-state index >= 15 is 0 Å². The number of hydrogen-bond donors (Lipinski definition) is 1. The third kappa shape index (κ3) is 4.99. The molecular formula is C21H24N4O3. The zero-order valence-corrected chi connectivity index (χ0v) is 15.9. The van der Waals surface area contributed by atoms with Crippen LogP contribution in [-0.4, -0.2) is 36.6 Å². The molecule has 2 aromatic carbocycles. The van der Waals surface area contributed by atoms with E-state index in [1.807, 2.05) is 18.2 Å². The number of hydrogen-bond acceptors (Lipinski definition) is 6. The summed E-state index contributed by atoms with van der Waals surface area (Å²) in [5.74, 6) is 1.39. The average Bonchev–Trinajstić information content (AvgIpc) is 2.73. The topological polar surface area (TPSA) is 91.4 Å². The van der Waals surface area contributed by atoms with E-state index in [-0.39, 0.29) is 5.69 Å². The third-order valence-electron chi connectivity index (χ3n) is 5.19. The monoisotopic (exact) mass is 380 g/mol. The summed E-state index contributed by atoms with van der Waals surface area (Å²) in [6.45, 7) is 3.77. The van der Waals surface area contributed by atoms with E-state index in [4.69, 9.17) is 4.74 Å². The maximum Gasteiger partial charge on any atom is 0.270 e. The number of nitrogens with one attached hydrogen (secondary N) is 1. The van der Waals surface area contributed by atoms with Crippen molar-refractivity contribution in [3.05, 3.63) is 63.7 Å². The molecule has 0 bridgehead atoms. The Labute approximate surface area is 164 Å². The fourth-order valence-electron chi connectivity index (χ4n) is 3.48. The van der Waals surface area contributed by atoms with E-state index in [2.05, 4.69) is 22.3 Å². The van der Waals surface area contributed by atoms with Crippen LogP contribution in [-0.2, 0) is 6.54 Å². The van der Waals surface area contributed by atoms with Crippen molar-refractivity contribution in [2.75, 3.05) is 32.1 Å². The molecule has 7 heteroatoms. The van der Waals surface area contributed by atoms with Crippen LogP contribution >= 0.6 is 0 Å². The summed E-state index contributed by atoms with van der Waals surface area (Å²) in [5, 5.41) is 23.4. The Balaban J connectivity index is 1.48. The molecule has 146 valence electrons. The highest BCUT2D eigenvalue weighted by atomic mass is 16.6. The lowest BCUT2D eigenvalue weighted by atomic mass is 9.96. The smallest absolute Gasteiger partial charge is 0.270 e. The van der Waals surface area contributed by atoms with Crippen LogP contribution in [0.5, 0.6) is 5.75 Å². The SMILES string of the molecule is COc1ccc(CN2CCC(CNc3ccc([N+](=O)[O-])cc3C#N)CC2)cc1. The number of non-ortho nitro benzene ring substituents is 1. The van der Waals surface area contributed by atoms with Gasteiger partial charge in [-0.1, -0.05) is 12.1 Å². The maximum atomic E-state index is 10.8. The first-order chi connectivity index (χ1) is 13.6. The van der Waals surface area contributed by atoms with Gasteiger partial charge in [0.2, 0.25) is 0 Å². The van der Waals surface area contributed by atoms with Gasteiger partial charge < -0.3 is 10.1 Å². The summed E-state index contributed by atoms with van der Waals surface area (Å²) >= 11 is 0. The van der Waals surface area contributed by atoms with Crippen LogP contribution < -0.4 is 10.1 Å². The summed E-state index contributed by atoms with van der Waals surface area (Å²) in [4.78, 5) is 12.8. The molecule has 7 nitrogen and oxygen atoms in total. The number of nitriles is 1. The fraction of sp³-hybridized carbons (Fsp3) is 0.381. The number of nitrogens with zero attached hydrogens (tertiary/aromatic N) is 3. The quantitative estimate of drug-likeness (QED) is 0.580. The van der Waals surface area contributed by atoms with Crippen molar-refractivity contribution in [2.24, 2.45) is 5.92 Å². The van der Waals surface area contributed by atoms with Crippen molar-refractivity contribution in [3.8, 4) is 11.8 Å². The van der Waals surface area contributed by atoms with Gasteiger partial charge in [-0.05, 0) is 55.6 Å². The van der Waals surface area contributed by atoms with Crippen LogP contribution in [0.2, 0.25) is 0 Å². The van der Waals surface area contributed by atoms with Gasteiger partial charge in [-0.15, -0.1) is 0 Å². The van der Waals surface area contributed by atoms with E-state index in [1.54, 1.807) is 13.2 Å². The van der Waals surface area contributed by atoms with Crippen LogP contribution in [0.1, 0.15) is 24.0 Å². The summed E-state index contributed by atoms with van der Waals surface area (Å²) in [6.07, 6.45) is 2.16. The number of likely N-dealkylation sites (tertiary alicyclic amines) is 1. The molecule has 1 saturated heterocycles. The predicted octanol–water partition coefficient (Wildman–Crippen LogP) is 3.80. The molecule has 1 fully saturated rings. The molecule has 0 radical (unpaired) electrons. The van der Waals surface area contributed by atoms with Crippen molar-refractivity contribution in [1.82, 2.24) is 4.90 Å². The Morgan fingerprint density at radius 2 is 1.96 bits per heavy atom. The van der Waals surface area contributed by atoms with Crippen molar-refractivity contribution in [1.29, 1.82) is 5.26 Å². The van der Waals surface area contributed by atoms with Gasteiger partial charge in [0.25, 0.3) is 5.69 Å². The zero-order valence-electron chi connectivity index (χ0n) is 15.9. The maximum absolute atomic E-state index is 10.8.